The van der Waals surface area contributed by atoms with E-state index in [1.807, 2.05) is 6.92 Å². The van der Waals surface area contributed by atoms with Gasteiger partial charge >= 0.3 is 0 Å². The molecule has 0 amide bonds. The minimum absolute atomic E-state index is 0.254. The molecule has 1 aromatic heterocycles. The van der Waals surface area contributed by atoms with Crippen molar-refractivity contribution in [3.05, 3.63) is 47.8 Å². The fraction of sp³-hybridized carbons (Fsp3) is 0.0714. The molecule has 0 unspecified atom stereocenters. The second-order valence-corrected chi connectivity index (χ2v) is 4.20. The lowest BCUT2D eigenvalue weighted by Crippen LogP contribution is -1.87. The van der Waals surface area contributed by atoms with E-state index in [0.717, 1.165) is 5.56 Å². The van der Waals surface area contributed by atoms with Crippen LogP contribution in [-0.2, 0) is 0 Å². The van der Waals surface area contributed by atoms with Crippen LogP contribution in [0, 0.1) is 12.7 Å². The molecule has 0 spiro atoms. The monoisotopic (exact) mass is 242 g/mol. The van der Waals surface area contributed by atoms with E-state index in [1.54, 1.807) is 30.3 Å². The van der Waals surface area contributed by atoms with Gasteiger partial charge in [-0.2, -0.15) is 0 Å². The van der Waals surface area contributed by atoms with Crippen LogP contribution in [0.4, 0.5) is 10.1 Å². The first kappa shape index (κ1) is 10.8. The van der Waals surface area contributed by atoms with E-state index in [1.165, 1.54) is 6.07 Å². The Balaban J connectivity index is 2.26. The van der Waals surface area contributed by atoms with Crippen LogP contribution in [0.2, 0.25) is 0 Å². The first-order valence-electron chi connectivity index (χ1n) is 5.57. The van der Waals surface area contributed by atoms with E-state index in [2.05, 4.69) is 4.98 Å². The van der Waals surface area contributed by atoms with Crippen molar-refractivity contribution < 1.29 is 8.81 Å². The number of halogens is 1. The van der Waals surface area contributed by atoms with Crippen LogP contribution in [0.5, 0.6) is 0 Å². The van der Waals surface area contributed by atoms with Gasteiger partial charge in [0.15, 0.2) is 5.58 Å². The standard InChI is InChI=1S/C14H11FN2O/c1-8-5-6-10(15)9(7-8)14-17-13-11(16)3-2-4-12(13)18-14/h2-7H,16H2,1H3. The average molecular weight is 242 g/mol. The first-order valence-corrected chi connectivity index (χ1v) is 5.57. The fourth-order valence-corrected chi connectivity index (χ4v) is 1.89. The van der Waals surface area contributed by atoms with E-state index in [0.29, 0.717) is 22.4 Å². The van der Waals surface area contributed by atoms with Crippen LogP contribution in [0.15, 0.2) is 40.8 Å². The molecule has 0 radical (unpaired) electrons. The third-order valence-corrected chi connectivity index (χ3v) is 2.80. The maximum absolute atomic E-state index is 13.8. The molecule has 4 heteroatoms. The Kier molecular flexibility index (Phi) is 2.30. The summed E-state index contributed by atoms with van der Waals surface area (Å²) in [5.74, 6) is -0.102. The first-order chi connectivity index (χ1) is 8.65. The van der Waals surface area contributed by atoms with Crippen LogP contribution in [0.3, 0.4) is 0 Å². The van der Waals surface area contributed by atoms with Crippen molar-refractivity contribution in [3.63, 3.8) is 0 Å². The van der Waals surface area contributed by atoms with Crippen LogP contribution in [-0.4, -0.2) is 4.98 Å². The molecule has 3 rings (SSSR count). The lowest BCUT2D eigenvalue weighted by atomic mass is 10.1. The number of nitrogen functional groups attached to an aromatic ring is 1. The smallest absolute Gasteiger partial charge is 0.230 e. The molecule has 0 saturated carbocycles. The largest absolute Gasteiger partial charge is 0.436 e. The number of oxazole rings is 1. The Morgan fingerprint density at radius 1 is 1.22 bits per heavy atom. The highest BCUT2D eigenvalue weighted by atomic mass is 19.1. The van der Waals surface area contributed by atoms with Crippen LogP contribution >= 0.6 is 0 Å². The Morgan fingerprint density at radius 2 is 2.06 bits per heavy atom. The van der Waals surface area contributed by atoms with Crippen LogP contribution < -0.4 is 5.73 Å². The van der Waals surface area contributed by atoms with E-state index < -0.39 is 0 Å². The number of benzene rings is 2. The number of para-hydroxylation sites is 1. The Labute approximate surface area is 103 Å². The molecule has 2 aromatic carbocycles. The number of hydrogen-bond donors (Lipinski definition) is 1. The van der Waals surface area contributed by atoms with Crippen LogP contribution in [0.1, 0.15) is 5.56 Å². The molecular weight excluding hydrogens is 231 g/mol. The summed E-state index contributed by atoms with van der Waals surface area (Å²) in [6.45, 7) is 1.89. The van der Waals surface area contributed by atoms with Gasteiger partial charge in [0.25, 0.3) is 0 Å². The molecule has 0 bridgehead atoms. The summed E-state index contributed by atoms with van der Waals surface area (Å²) in [6, 6.07) is 10.1. The second-order valence-electron chi connectivity index (χ2n) is 4.20. The van der Waals surface area contributed by atoms with Crippen molar-refractivity contribution in [2.45, 2.75) is 6.92 Å². The lowest BCUT2D eigenvalue weighted by Gasteiger charge is -1.99. The fourth-order valence-electron chi connectivity index (χ4n) is 1.89. The second kappa shape index (κ2) is 3.84. The highest BCUT2D eigenvalue weighted by Gasteiger charge is 2.13. The van der Waals surface area contributed by atoms with Gasteiger partial charge in [-0.15, -0.1) is 0 Å². The molecule has 0 aliphatic carbocycles. The summed E-state index contributed by atoms with van der Waals surface area (Å²) in [4.78, 5) is 4.25. The highest BCUT2D eigenvalue weighted by molar-refractivity contribution is 5.87. The minimum Gasteiger partial charge on any atom is -0.436 e. The van der Waals surface area contributed by atoms with Gasteiger partial charge in [0.1, 0.15) is 11.3 Å². The van der Waals surface area contributed by atoms with Crippen molar-refractivity contribution in [2.24, 2.45) is 0 Å². The zero-order chi connectivity index (χ0) is 12.7. The molecule has 18 heavy (non-hydrogen) atoms. The molecule has 1 heterocycles. The molecule has 0 atom stereocenters. The zero-order valence-electron chi connectivity index (χ0n) is 9.77. The predicted molar refractivity (Wildman–Crippen MR) is 68.6 cm³/mol. The number of anilines is 1. The van der Waals surface area contributed by atoms with Gasteiger partial charge in [0.2, 0.25) is 5.89 Å². The van der Waals surface area contributed by atoms with E-state index in [9.17, 15) is 4.39 Å². The summed E-state index contributed by atoms with van der Waals surface area (Å²) < 4.78 is 19.3. The van der Waals surface area contributed by atoms with E-state index in [-0.39, 0.29) is 11.7 Å². The Hall–Kier alpha value is -2.36. The van der Waals surface area contributed by atoms with E-state index >= 15 is 0 Å². The van der Waals surface area contributed by atoms with Crippen molar-refractivity contribution in [3.8, 4) is 11.5 Å². The SMILES string of the molecule is Cc1ccc(F)c(-c2nc3c(N)cccc3o2)c1. The summed E-state index contributed by atoms with van der Waals surface area (Å²) in [7, 11) is 0. The predicted octanol–water partition coefficient (Wildman–Crippen LogP) is 3.52. The number of nitrogens with two attached hydrogens (primary N) is 1. The normalized spacial score (nSPS) is 11.0. The number of aryl methyl sites for hydroxylation is 1. The van der Waals surface area contributed by atoms with Crippen molar-refractivity contribution >= 4 is 16.8 Å². The van der Waals surface area contributed by atoms with E-state index in [4.69, 9.17) is 10.2 Å². The number of fused-ring (bicyclic) bond motifs is 1. The van der Waals surface area contributed by atoms with Gasteiger partial charge < -0.3 is 10.2 Å². The maximum atomic E-state index is 13.8. The van der Waals surface area contributed by atoms with Crippen LogP contribution in [0.25, 0.3) is 22.6 Å². The van der Waals surface area contributed by atoms with Crippen molar-refractivity contribution in [1.82, 2.24) is 4.98 Å². The van der Waals surface area contributed by atoms with Gasteiger partial charge in [-0.05, 0) is 31.2 Å². The lowest BCUT2D eigenvalue weighted by molar-refractivity contribution is 0.593. The number of nitrogens with zero attached hydrogens (tertiary/aromatic N) is 1. The zero-order valence-corrected chi connectivity index (χ0v) is 9.77. The third-order valence-electron chi connectivity index (χ3n) is 2.80. The summed E-state index contributed by atoms with van der Waals surface area (Å²) in [5, 5.41) is 0. The molecule has 0 saturated heterocycles. The van der Waals surface area contributed by atoms with Gasteiger partial charge in [-0.3, -0.25) is 0 Å². The molecular formula is C14H11FN2O. The topological polar surface area (TPSA) is 52.0 Å². The Bertz CT molecular complexity index is 734. The third kappa shape index (κ3) is 1.62. The molecule has 3 nitrogen and oxygen atoms in total. The molecule has 0 aliphatic rings. The van der Waals surface area contributed by atoms with Gasteiger partial charge in [0.05, 0.1) is 11.3 Å². The highest BCUT2D eigenvalue weighted by Crippen LogP contribution is 2.29. The maximum Gasteiger partial charge on any atom is 0.230 e. The van der Waals surface area contributed by atoms with Crippen molar-refractivity contribution in [2.75, 3.05) is 5.73 Å². The summed E-state index contributed by atoms with van der Waals surface area (Å²) >= 11 is 0. The molecule has 3 aromatic rings. The number of hydrogen-bond acceptors (Lipinski definition) is 3. The Morgan fingerprint density at radius 3 is 2.83 bits per heavy atom. The van der Waals surface area contributed by atoms with Gasteiger partial charge in [-0.1, -0.05) is 17.7 Å². The number of rotatable bonds is 1. The molecule has 2 N–H and O–H groups in total. The quantitative estimate of drug-likeness (QED) is 0.664. The molecule has 90 valence electrons. The van der Waals surface area contributed by atoms with Gasteiger partial charge in [0, 0.05) is 0 Å². The summed E-state index contributed by atoms with van der Waals surface area (Å²) in [5.41, 5.74) is 8.75. The van der Waals surface area contributed by atoms with Crippen molar-refractivity contribution in [1.29, 1.82) is 0 Å². The summed E-state index contributed by atoms with van der Waals surface area (Å²) in [6.07, 6.45) is 0. The average Bonchev–Trinajstić information content (AvgIpc) is 2.77. The van der Waals surface area contributed by atoms with Gasteiger partial charge in [-0.25, -0.2) is 9.37 Å². The minimum atomic E-state index is -0.356. The molecule has 0 aliphatic heterocycles. The molecule has 0 fully saturated rings. The number of aromatic nitrogens is 1.